The molecular formula is C33H31BN2O3. The second kappa shape index (κ2) is 8.14. The maximum Gasteiger partial charge on any atom is 0.494 e. The van der Waals surface area contributed by atoms with Crippen molar-refractivity contribution in [3.63, 3.8) is 0 Å². The number of fused-ring (bicyclic) bond motifs is 4. The van der Waals surface area contributed by atoms with Crippen LogP contribution in [-0.4, -0.2) is 28.3 Å². The molecule has 0 spiro atoms. The highest BCUT2D eigenvalue weighted by atomic mass is 16.7. The summed E-state index contributed by atoms with van der Waals surface area (Å²) < 4.78 is 18.6. The summed E-state index contributed by atoms with van der Waals surface area (Å²) >= 11 is 0. The Balaban J connectivity index is 1.20. The van der Waals surface area contributed by atoms with Gasteiger partial charge in [-0.3, -0.25) is 0 Å². The Morgan fingerprint density at radius 1 is 0.667 bits per heavy atom. The topological polar surface area (TPSA) is 57.4 Å². The summed E-state index contributed by atoms with van der Waals surface area (Å²) in [5.41, 5.74) is 9.98. The van der Waals surface area contributed by atoms with Gasteiger partial charge in [-0.15, -0.1) is 0 Å². The molecule has 39 heavy (non-hydrogen) atoms. The smallest absolute Gasteiger partial charge is 0.418 e. The number of aromatic nitrogens is 2. The first-order chi connectivity index (χ1) is 18.5. The molecule has 0 N–H and O–H groups in total. The van der Waals surface area contributed by atoms with Gasteiger partial charge in [0.05, 0.1) is 11.2 Å². The lowest BCUT2D eigenvalue weighted by atomic mass is 9.74. The molecule has 1 fully saturated rings. The van der Waals surface area contributed by atoms with Crippen molar-refractivity contribution < 1.29 is 13.7 Å². The summed E-state index contributed by atoms with van der Waals surface area (Å²) in [5, 5.41) is 0. The van der Waals surface area contributed by atoms with E-state index in [-0.39, 0.29) is 23.7 Å². The van der Waals surface area contributed by atoms with Crippen LogP contribution in [0.1, 0.15) is 52.7 Å². The molecule has 194 valence electrons. The van der Waals surface area contributed by atoms with Gasteiger partial charge in [0.25, 0.3) is 0 Å². The highest BCUT2D eigenvalue weighted by Crippen LogP contribution is 2.49. The molecule has 0 amide bonds. The molecule has 2 aliphatic rings. The van der Waals surface area contributed by atoms with Gasteiger partial charge < -0.3 is 13.7 Å². The lowest BCUT2D eigenvalue weighted by Gasteiger charge is -2.32. The maximum atomic E-state index is 6.35. The molecule has 5 aromatic rings. The van der Waals surface area contributed by atoms with E-state index in [1.807, 2.05) is 12.1 Å². The van der Waals surface area contributed by atoms with Crippen LogP contribution in [-0.2, 0) is 14.7 Å². The minimum atomic E-state index is -0.370. The maximum absolute atomic E-state index is 6.35. The van der Waals surface area contributed by atoms with Crippen molar-refractivity contribution in [2.24, 2.45) is 0 Å². The normalized spacial score (nSPS) is 18.4. The van der Waals surface area contributed by atoms with Gasteiger partial charge in [-0.1, -0.05) is 56.3 Å². The molecule has 6 heteroatoms. The summed E-state index contributed by atoms with van der Waals surface area (Å²) in [7, 11) is -0.370. The summed E-state index contributed by atoms with van der Waals surface area (Å²) in [6.07, 6.45) is 1.71. The van der Waals surface area contributed by atoms with Crippen molar-refractivity contribution >= 4 is 23.8 Å². The molecule has 3 aromatic carbocycles. The van der Waals surface area contributed by atoms with E-state index in [0.29, 0.717) is 11.6 Å². The van der Waals surface area contributed by atoms with Crippen LogP contribution in [0.25, 0.3) is 44.9 Å². The van der Waals surface area contributed by atoms with Gasteiger partial charge in [0.1, 0.15) is 5.52 Å². The standard InChI is InChI=1S/C33H31BN2O3/c1-31(2)26-18-22(20-9-11-21(12-10-20)29-36-28-8-7-17-35-30(28)37-29)13-15-24(26)25-16-14-23(19-27(25)31)34-38-32(3,4)33(5,6)39-34/h7-19H,1-6H3. The van der Waals surface area contributed by atoms with Gasteiger partial charge in [0.2, 0.25) is 11.6 Å². The lowest BCUT2D eigenvalue weighted by molar-refractivity contribution is 0.00578. The van der Waals surface area contributed by atoms with Crippen molar-refractivity contribution in [3.8, 4) is 33.7 Å². The van der Waals surface area contributed by atoms with Crippen LogP contribution < -0.4 is 5.46 Å². The van der Waals surface area contributed by atoms with Crippen molar-refractivity contribution in [1.82, 2.24) is 9.97 Å². The van der Waals surface area contributed by atoms with Crippen LogP contribution >= 0.6 is 0 Å². The van der Waals surface area contributed by atoms with Crippen molar-refractivity contribution in [3.05, 3.63) is 90.1 Å². The van der Waals surface area contributed by atoms with Gasteiger partial charge in [-0.05, 0) is 96.9 Å². The average Bonchev–Trinajstić information content (AvgIpc) is 3.52. The highest BCUT2D eigenvalue weighted by Gasteiger charge is 2.52. The molecule has 7 rings (SSSR count). The van der Waals surface area contributed by atoms with Crippen molar-refractivity contribution in [2.75, 3.05) is 0 Å². The van der Waals surface area contributed by atoms with Gasteiger partial charge in [0.15, 0.2) is 0 Å². The van der Waals surface area contributed by atoms with Crippen molar-refractivity contribution in [1.29, 1.82) is 0 Å². The van der Waals surface area contributed by atoms with Gasteiger partial charge in [-0.25, -0.2) is 9.97 Å². The van der Waals surface area contributed by atoms with Crippen LogP contribution in [0.5, 0.6) is 0 Å². The second-order valence-electron chi connectivity index (χ2n) is 12.2. The summed E-state index contributed by atoms with van der Waals surface area (Å²) in [6, 6.07) is 25.6. The first-order valence-corrected chi connectivity index (χ1v) is 13.5. The van der Waals surface area contributed by atoms with Crippen LogP contribution in [0.3, 0.4) is 0 Å². The minimum absolute atomic E-state index is 0.147. The van der Waals surface area contributed by atoms with E-state index < -0.39 is 0 Å². The minimum Gasteiger partial charge on any atom is -0.418 e. The number of rotatable bonds is 3. The first-order valence-electron chi connectivity index (χ1n) is 13.5. The SMILES string of the molecule is CC1(C)c2cc(B3OC(C)(C)C(C)(C)O3)ccc2-c2ccc(-c3ccc(-c4nc5cccnc5o4)cc3)cc21. The fourth-order valence-electron chi connectivity index (χ4n) is 5.76. The molecule has 3 heterocycles. The van der Waals surface area contributed by atoms with Gasteiger partial charge >= 0.3 is 7.12 Å². The first kappa shape index (κ1) is 24.3. The molecular weight excluding hydrogens is 483 g/mol. The van der Waals surface area contributed by atoms with E-state index in [0.717, 1.165) is 22.1 Å². The van der Waals surface area contributed by atoms with Crippen molar-refractivity contribution in [2.45, 2.75) is 58.2 Å². The predicted octanol–water partition coefficient (Wildman–Crippen LogP) is 7.16. The molecule has 0 bridgehead atoms. The highest BCUT2D eigenvalue weighted by molar-refractivity contribution is 6.62. The quantitative estimate of drug-likeness (QED) is 0.239. The number of pyridine rings is 1. The Kier molecular flexibility index (Phi) is 5.07. The predicted molar refractivity (Wildman–Crippen MR) is 156 cm³/mol. The number of oxazole rings is 1. The summed E-state index contributed by atoms with van der Waals surface area (Å²) in [5.74, 6) is 0.582. The molecule has 1 aliphatic heterocycles. The Bertz CT molecular complexity index is 1700. The Morgan fingerprint density at radius 2 is 1.28 bits per heavy atom. The summed E-state index contributed by atoms with van der Waals surface area (Å²) in [4.78, 5) is 8.83. The van der Waals surface area contributed by atoms with Crippen LogP contribution in [0.15, 0.2) is 83.4 Å². The molecule has 0 radical (unpaired) electrons. The second-order valence-corrected chi connectivity index (χ2v) is 12.2. The van der Waals surface area contributed by atoms with Crippen LogP contribution in [0, 0.1) is 0 Å². The fourth-order valence-corrected chi connectivity index (χ4v) is 5.76. The fraction of sp³-hybridized carbons (Fsp3) is 0.273. The van der Waals surface area contributed by atoms with Crippen LogP contribution in [0.2, 0.25) is 0 Å². The molecule has 5 nitrogen and oxygen atoms in total. The lowest BCUT2D eigenvalue weighted by Crippen LogP contribution is -2.41. The third-order valence-electron chi connectivity index (χ3n) is 8.86. The van der Waals surface area contributed by atoms with E-state index in [1.54, 1.807) is 6.20 Å². The number of hydrogen-bond acceptors (Lipinski definition) is 5. The zero-order chi connectivity index (χ0) is 27.2. The largest absolute Gasteiger partial charge is 0.494 e. The van der Waals surface area contributed by atoms with Gasteiger partial charge in [-0.2, -0.15) is 0 Å². The van der Waals surface area contributed by atoms with E-state index in [2.05, 4.69) is 112 Å². The van der Waals surface area contributed by atoms with E-state index in [1.165, 1.54) is 27.8 Å². The number of nitrogens with zero attached hydrogens (tertiary/aromatic N) is 2. The summed E-state index contributed by atoms with van der Waals surface area (Å²) in [6.45, 7) is 13.0. The molecule has 1 saturated heterocycles. The Morgan fingerprint density at radius 3 is 1.97 bits per heavy atom. The average molecular weight is 514 g/mol. The molecule has 1 aliphatic carbocycles. The van der Waals surface area contributed by atoms with E-state index in [4.69, 9.17) is 13.7 Å². The molecule has 2 aromatic heterocycles. The third kappa shape index (κ3) is 3.69. The molecule has 0 unspecified atom stereocenters. The van der Waals surface area contributed by atoms with Crippen LogP contribution in [0.4, 0.5) is 0 Å². The number of benzene rings is 3. The third-order valence-corrected chi connectivity index (χ3v) is 8.86. The molecule has 0 saturated carbocycles. The molecule has 0 atom stereocenters. The zero-order valence-corrected chi connectivity index (χ0v) is 23.2. The Hall–Kier alpha value is -3.74. The van der Waals surface area contributed by atoms with E-state index >= 15 is 0 Å². The Labute approximate surface area is 229 Å². The van der Waals surface area contributed by atoms with Gasteiger partial charge in [0, 0.05) is 17.2 Å². The zero-order valence-electron chi connectivity index (χ0n) is 23.2. The van der Waals surface area contributed by atoms with E-state index in [9.17, 15) is 0 Å². The monoisotopic (exact) mass is 514 g/mol. The number of hydrogen-bond donors (Lipinski definition) is 0.